The van der Waals surface area contributed by atoms with Crippen LogP contribution in [-0.4, -0.2) is 29.6 Å². The maximum Gasteiger partial charge on any atom is 0.308 e. The third-order valence-corrected chi connectivity index (χ3v) is 2.75. The summed E-state index contributed by atoms with van der Waals surface area (Å²) in [6, 6.07) is -0.589. The molecule has 0 heterocycles. The molecule has 0 fully saturated rings. The van der Waals surface area contributed by atoms with Gasteiger partial charge in [-0.05, 0) is 17.8 Å². The van der Waals surface area contributed by atoms with E-state index in [9.17, 15) is 9.59 Å². The molecule has 4 N–H and O–H groups in total. The summed E-state index contributed by atoms with van der Waals surface area (Å²) in [5.74, 6) is -1.71. The number of amides is 1. The van der Waals surface area contributed by atoms with E-state index in [-0.39, 0.29) is 23.8 Å². The van der Waals surface area contributed by atoms with Crippen LogP contribution in [-0.2, 0) is 9.59 Å². The number of carboxylic acids is 1. The summed E-state index contributed by atoms with van der Waals surface area (Å²) in [7, 11) is 0. The van der Waals surface area contributed by atoms with Gasteiger partial charge in [-0.3, -0.25) is 9.59 Å². The summed E-state index contributed by atoms with van der Waals surface area (Å²) in [4.78, 5) is 22.8. The molecular formula is C13H26N2O3. The SMILES string of the molecule is CC(C)C(N)C(=O)NCC(CC(C)(C)C)C(=O)O. The second-order valence-electron chi connectivity index (χ2n) is 6.31. The van der Waals surface area contributed by atoms with E-state index in [0.717, 1.165) is 0 Å². The van der Waals surface area contributed by atoms with Gasteiger partial charge in [0.05, 0.1) is 12.0 Å². The molecule has 2 unspecified atom stereocenters. The molecule has 0 saturated carbocycles. The summed E-state index contributed by atoms with van der Waals surface area (Å²) in [5, 5.41) is 11.7. The maximum atomic E-state index is 11.6. The van der Waals surface area contributed by atoms with Gasteiger partial charge in [0.1, 0.15) is 0 Å². The Morgan fingerprint density at radius 3 is 2.11 bits per heavy atom. The third kappa shape index (κ3) is 6.59. The van der Waals surface area contributed by atoms with Gasteiger partial charge in [0.2, 0.25) is 5.91 Å². The van der Waals surface area contributed by atoms with Crippen LogP contribution in [0, 0.1) is 17.3 Å². The van der Waals surface area contributed by atoms with Gasteiger partial charge < -0.3 is 16.2 Å². The van der Waals surface area contributed by atoms with Gasteiger partial charge in [0.25, 0.3) is 0 Å². The highest BCUT2D eigenvalue weighted by atomic mass is 16.4. The second-order valence-corrected chi connectivity index (χ2v) is 6.31. The summed E-state index contributed by atoms with van der Waals surface area (Å²) >= 11 is 0. The van der Waals surface area contributed by atoms with Crippen LogP contribution in [0.3, 0.4) is 0 Å². The largest absolute Gasteiger partial charge is 0.481 e. The third-order valence-electron chi connectivity index (χ3n) is 2.75. The normalized spacial score (nSPS) is 15.3. The first-order chi connectivity index (χ1) is 8.04. The molecule has 0 bridgehead atoms. The number of hydrogen-bond acceptors (Lipinski definition) is 3. The summed E-state index contributed by atoms with van der Waals surface area (Å²) in [6.45, 7) is 9.77. The average Bonchev–Trinajstić information content (AvgIpc) is 2.20. The molecule has 106 valence electrons. The Morgan fingerprint density at radius 1 is 1.28 bits per heavy atom. The van der Waals surface area contributed by atoms with E-state index >= 15 is 0 Å². The molecule has 2 atom stereocenters. The number of nitrogens with two attached hydrogens (primary N) is 1. The first kappa shape index (κ1) is 16.9. The van der Waals surface area contributed by atoms with Crippen LogP contribution in [0.15, 0.2) is 0 Å². The molecule has 0 rings (SSSR count). The van der Waals surface area contributed by atoms with E-state index in [1.807, 2.05) is 34.6 Å². The van der Waals surface area contributed by atoms with Crippen molar-refractivity contribution in [2.75, 3.05) is 6.54 Å². The lowest BCUT2D eigenvalue weighted by atomic mass is 9.84. The zero-order valence-corrected chi connectivity index (χ0v) is 12.0. The minimum Gasteiger partial charge on any atom is -0.481 e. The summed E-state index contributed by atoms with van der Waals surface area (Å²) in [5.41, 5.74) is 5.60. The average molecular weight is 258 g/mol. The molecule has 0 aromatic rings. The second kappa shape index (κ2) is 6.73. The predicted octanol–water partition coefficient (Wildman–Crippen LogP) is 1.22. The van der Waals surface area contributed by atoms with Crippen LogP contribution in [0.5, 0.6) is 0 Å². The predicted molar refractivity (Wildman–Crippen MR) is 71.0 cm³/mol. The summed E-state index contributed by atoms with van der Waals surface area (Å²) in [6.07, 6.45) is 0.513. The fourth-order valence-corrected chi connectivity index (χ4v) is 1.63. The van der Waals surface area contributed by atoms with Crippen molar-refractivity contribution in [1.29, 1.82) is 0 Å². The number of carboxylic acid groups (broad SMARTS) is 1. The highest BCUT2D eigenvalue weighted by Crippen LogP contribution is 2.24. The Morgan fingerprint density at radius 2 is 1.78 bits per heavy atom. The van der Waals surface area contributed by atoms with E-state index in [0.29, 0.717) is 6.42 Å². The number of nitrogens with one attached hydrogen (secondary N) is 1. The quantitative estimate of drug-likeness (QED) is 0.668. The molecule has 1 amide bonds. The molecule has 5 nitrogen and oxygen atoms in total. The minimum atomic E-state index is -0.886. The zero-order valence-electron chi connectivity index (χ0n) is 12.0. The molecule has 0 radical (unpaired) electrons. The molecular weight excluding hydrogens is 232 g/mol. The van der Waals surface area contributed by atoms with Crippen LogP contribution in [0.1, 0.15) is 41.0 Å². The van der Waals surface area contributed by atoms with Gasteiger partial charge in [-0.15, -0.1) is 0 Å². The Bertz CT molecular complexity index is 295. The van der Waals surface area contributed by atoms with Gasteiger partial charge in [-0.25, -0.2) is 0 Å². The number of hydrogen-bond donors (Lipinski definition) is 3. The van der Waals surface area contributed by atoms with Gasteiger partial charge in [-0.1, -0.05) is 34.6 Å². The van der Waals surface area contributed by atoms with E-state index in [4.69, 9.17) is 10.8 Å². The lowest BCUT2D eigenvalue weighted by Gasteiger charge is -2.24. The van der Waals surface area contributed by atoms with Crippen LogP contribution in [0.2, 0.25) is 0 Å². The number of aliphatic carboxylic acids is 1. The van der Waals surface area contributed by atoms with Crippen molar-refractivity contribution < 1.29 is 14.7 Å². The number of carbonyl (C=O) groups is 2. The molecule has 0 aromatic carbocycles. The van der Waals surface area contributed by atoms with Gasteiger partial charge in [-0.2, -0.15) is 0 Å². The van der Waals surface area contributed by atoms with E-state index in [1.54, 1.807) is 0 Å². The maximum absolute atomic E-state index is 11.6. The number of rotatable bonds is 6. The van der Waals surface area contributed by atoms with Crippen LogP contribution >= 0.6 is 0 Å². The molecule has 0 spiro atoms. The molecule has 18 heavy (non-hydrogen) atoms. The fraction of sp³-hybridized carbons (Fsp3) is 0.846. The Labute approximate surface area is 109 Å². The van der Waals surface area contributed by atoms with E-state index in [2.05, 4.69) is 5.32 Å². The smallest absolute Gasteiger partial charge is 0.308 e. The van der Waals surface area contributed by atoms with Gasteiger partial charge in [0, 0.05) is 6.54 Å². The van der Waals surface area contributed by atoms with Crippen LogP contribution in [0.25, 0.3) is 0 Å². The van der Waals surface area contributed by atoms with Crippen LogP contribution < -0.4 is 11.1 Å². The highest BCUT2D eigenvalue weighted by molar-refractivity contribution is 5.82. The highest BCUT2D eigenvalue weighted by Gasteiger charge is 2.26. The number of carbonyl (C=O) groups excluding carboxylic acids is 1. The topological polar surface area (TPSA) is 92.4 Å². The monoisotopic (exact) mass is 258 g/mol. The van der Waals surface area contributed by atoms with E-state index < -0.39 is 17.9 Å². The van der Waals surface area contributed by atoms with Crippen molar-refractivity contribution in [3.8, 4) is 0 Å². The first-order valence-electron chi connectivity index (χ1n) is 6.30. The Balaban J connectivity index is 4.37. The van der Waals surface area contributed by atoms with Crippen molar-refractivity contribution in [1.82, 2.24) is 5.32 Å². The Hall–Kier alpha value is -1.10. The van der Waals surface area contributed by atoms with Gasteiger partial charge >= 0.3 is 5.97 Å². The zero-order chi connectivity index (χ0) is 14.5. The van der Waals surface area contributed by atoms with Crippen LogP contribution in [0.4, 0.5) is 0 Å². The van der Waals surface area contributed by atoms with E-state index in [1.165, 1.54) is 0 Å². The standard InChI is InChI=1S/C13H26N2O3/c1-8(2)10(14)11(16)15-7-9(12(17)18)6-13(3,4)5/h8-10H,6-7,14H2,1-5H3,(H,15,16)(H,17,18). The molecule has 0 aliphatic carbocycles. The molecule has 0 aliphatic heterocycles. The molecule has 0 aromatic heterocycles. The lowest BCUT2D eigenvalue weighted by Crippen LogP contribution is -2.46. The molecule has 0 saturated heterocycles. The van der Waals surface area contributed by atoms with Crippen molar-refractivity contribution in [3.05, 3.63) is 0 Å². The van der Waals surface area contributed by atoms with Gasteiger partial charge in [0.15, 0.2) is 0 Å². The lowest BCUT2D eigenvalue weighted by molar-refractivity contribution is -0.142. The van der Waals surface area contributed by atoms with Crippen molar-refractivity contribution >= 4 is 11.9 Å². The molecule has 0 aliphatic rings. The minimum absolute atomic E-state index is 0.0379. The molecule has 5 heteroatoms. The first-order valence-corrected chi connectivity index (χ1v) is 6.30. The van der Waals surface area contributed by atoms with Crippen molar-refractivity contribution in [2.45, 2.75) is 47.1 Å². The van der Waals surface area contributed by atoms with Crippen molar-refractivity contribution in [2.24, 2.45) is 23.0 Å². The fourth-order valence-electron chi connectivity index (χ4n) is 1.63. The van der Waals surface area contributed by atoms with Crippen molar-refractivity contribution in [3.63, 3.8) is 0 Å². The Kier molecular flexibility index (Phi) is 6.32. The summed E-state index contributed by atoms with van der Waals surface area (Å²) < 4.78 is 0.